The Bertz CT molecular complexity index is 1490. The standard InChI is InChI=1S/C28H26ClN5O5S/c1-3-39-27(37)19-7-11-21(12-8-19)31-25(35)17-40-28-33-32-24(34(28)22-6-4-5-20(29)15-22)16-30-26(36)18-9-13-23(38-2)14-10-18/h4-15H,3,16-17H2,1-2H3,(H,30,36)(H,31,35). The summed E-state index contributed by atoms with van der Waals surface area (Å²) in [6.07, 6.45) is 0. The number of nitrogens with one attached hydrogen (secondary N) is 2. The first-order valence-corrected chi connectivity index (χ1v) is 13.6. The van der Waals surface area contributed by atoms with Crippen molar-refractivity contribution < 1.29 is 23.9 Å². The quantitative estimate of drug-likeness (QED) is 0.192. The molecular weight excluding hydrogens is 554 g/mol. The van der Waals surface area contributed by atoms with Crippen LogP contribution in [-0.2, 0) is 16.1 Å². The molecule has 0 aliphatic carbocycles. The van der Waals surface area contributed by atoms with Crippen molar-refractivity contribution in [1.82, 2.24) is 20.1 Å². The van der Waals surface area contributed by atoms with Crippen LogP contribution in [0.1, 0.15) is 33.5 Å². The van der Waals surface area contributed by atoms with Gasteiger partial charge >= 0.3 is 5.97 Å². The van der Waals surface area contributed by atoms with E-state index >= 15 is 0 Å². The molecule has 40 heavy (non-hydrogen) atoms. The van der Waals surface area contributed by atoms with Crippen molar-refractivity contribution in [2.75, 3.05) is 24.8 Å². The van der Waals surface area contributed by atoms with Gasteiger partial charge in [-0.2, -0.15) is 0 Å². The van der Waals surface area contributed by atoms with E-state index in [-0.39, 0.29) is 30.7 Å². The van der Waals surface area contributed by atoms with Crippen molar-refractivity contribution in [3.63, 3.8) is 0 Å². The van der Waals surface area contributed by atoms with Crippen molar-refractivity contribution in [2.24, 2.45) is 0 Å². The van der Waals surface area contributed by atoms with Crippen LogP contribution in [0, 0.1) is 0 Å². The molecule has 1 heterocycles. The highest BCUT2D eigenvalue weighted by Gasteiger charge is 2.18. The van der Waals surface area contributed by atoms with Gasteiger partial charge in [-0.05, 0) is 73.7 Å². The van der Waals surface area contributed by atoms with E-state index < -0.39 is 5.97 Å². The smallest absolute Gasteiger partial charge is 0.338 e. The first kappa shape index (κ1) is 28.7. The van der Waals surface area contributed by atoms with E-state index in [0.717, 1.165) is 0 Å². The van der Waals surface area contributed by atoms with Crippen LogP contribution in [0.5, 0.6) is 5.75 Å². The van der Waals surface area contributed by atoms with Crippen LogP contribution < -0.4 is 15.4 Å². The number of hydrogen-bond donors (Lipinski definition) is 2. The average molecular weight is 580 g/mol. The van der Waals surface area contributed by atoms with Crippen molar-refractivity contribution in [3.8, 4) is 11.4 Å². The minimum atomic E-state index is -0.424. The summed E-state index contributed by atoms with van der Waals surface area (Å²) in [7, 11) is 1.56. The first-order valence-electron chi connectivity index (χ1n) is 12.2. The second kappa shape index (κ2) is 13.6. The van der Waals surface area contributed by atoms with Gasteiger partial charge in [0, 0.05) is 16.3 Å². The molecule has 3 aromatic carbocycles. The molecule has 12 heteroatoms. The number of esters is 1. The van der Waals surface area contributed by atoms with E-state index in [2.05, 4.69) is 20.8 Å². The van der Waals surface area contributed by atoms with Gasteiger partial charge in [-0.25, -0.2) is 4.79 Å². The van der Waals surface area contributed by atoms with Crippen LogP contribution in [0.3, 0.4) is 0 Å². The van der Waals surface area contributed by atoms with Crippen molar-refractivity contribution >= 4 is 46.8 Å². The zero-order valence-corrected chi connectivity index (χ0v) is 23.3. The average Bonchev–Trinajstić information content (AvgIpc) is 3.38. The predicted molar refractivity (Wildman–Crippen MR) is 152 cm³/mol. The fourth-order valence-electron chi connectivity index (χ4n) is 3.62. The van der Waals surface area contributed by atoms with E-state index in [1.807, 2.05) is 6.07 Å². The molecule has 0 spiro atoms. The molecule has 0 saturated carbocycles. The number of halogens is 1. The molecule has 0 unspecified atom stereocenters. The number of rotatable bonds is 11. The van der Waals surface area contributed by atoms with Gasteiger partial charge in [-0.3, -0.25) is 14.2 Å². The largest absolute Gasteiger partial charge is 0.497 e. The van der Waals surface area contributed by atoms with Crippen molar-refractivity contribution in [2.45, 2.75) is 18.6 Å². The predicted octanol–water partition coefficient (Wildman–Crippen LogP) is 4.77. The van der Waals surface area contributed by atoms with Gasteiger partial charge in [0.25, 0.3) is 5.91 Å². The van der Waals surface area contributed by atoms with Crippen LogP contribution in [-0.4, -0.2) is 52.0 Å². The van der Waals surface area contributed by atoms with Crippen molar-refractivity contribution in [1.29, 1.82) is 0 Å². The van der Waals surface area contributed by atoms with Crippen LogP contribution >= 0.6 is 23.4 Å². The lowest BCUT2D eigenvalue weighted by Gasteiger charge is -2.12. The minimum absolute atomic E-state index is 0.0382. The highest BCUT2D eigenvalue weighted by molar-refractivity contribution is 7.99. The molecule has 206 valence electrons. The molecule has 4 rings (SSSR count). The molecule has 2 amide bonds. The third-order valence-corrected chi connectivity index (χ3v) is 6.70. The third-order valence-electron chi connectivity index (χ3n) is 5.54. The fraction of sp³-hybridized carbons (Fsp3) is 0.179. The maximum atomic E-state index is 12.7. The molecule has 0 fully saturated rings. The number of aromatic nitrogens is 3. The van der Waals surface area contributed by atoms with E-state index in [1.54, 1.807) is 85.3 Å². The zero-order valence-electron chi connectivity index (χ0n) is 21.7. The second-order valence-corrected chi connectivity index (χ2v) is 9.64. The molecular formula is C28H26ClN5O5S. The van der Waals surface area contributed by atoms with Gasteiger partial charge < -0.3 is 20.1 Å². The Morgan fingerprint density at radius 1 is 0.975 bits per heavy atom. The summed E-state index contributed by atoms with van der Waals surface area (Å²) in [5, 5.41) is 15.1. The lowest BCUT2D eigenvalue weighted by atomic mass is 10.2. The van der Waals surface area contributed by atoms with Gasteiger partial charge in [-0.15, -0.1) is 10.2 Å². The summed E-state index contributed by atoms with van der Waals surface area (Å²) in [4.78, 5) is 37.2. The van der Waals surface area contributed by atoms with E-state index in [9.17, 15) is 14.4 Å². The summed E-state index contributed by atoms with van der Waals surface area (Å²) < 4.78 is 11.9. The number of anilines is 1. The Morgan fingerprint density at radius 2 is 1.70 bits per heavy atom. The van der Waals surface area contributed by atoms with Gasteiger partial charge in [0.2, 0.25) is 5.91 Å². The number of benzene rings is 3. The summed E-state index contributed by atoms with van der Waals surface area (Å²) in [5.74, 6) is 0.163. The number of amides is 2. The normalized spacial score (nSPS) is 10.6. The number of nitrogens with zero attached hydrogens (tertiary/aromatic N) is 3. The fourth-order valence-corrected chi connectivity index (χ4v) is 4.57. The molecule has 0 saturated heterocycles. The Morgan fingerprint density at radius 3 is 2.38 bits per heavy atom. The highest BCUT2D eigenvalue weighted by atomic mass is 35.5. The Hall–Kier alpha value is -4.35. The number of carbonyl (C=O) groups excluding carboxylic acids is 3. The van der Waals surface area contributed by atoms with Gasteiger partial charge in [0.1, 0.15) is 5.75 Å². The summed E-state index contributed by atoms with van der Waals surface area (Å²) >= 11 is 7.41. The number of carbonyl (C=O) groups is 3. The Labute approximate surface area is 240 Å². The SMILES string of the molecule is CCOC(=O)c1ccc(NC(=O)CSc2nnc(CNC(=O)c3ccc(OC)cc3)n2-c2cccc(Cl)c2)cc1. The summed E-state index contributed by atoms with van der Waals surface area (Å²) in [5.41, 5.74) is 2.09. The third kappa shape index (κ3) is 7.39. The molecule has 1 aromatic heterocycles. The highest BCUT2D eigenvalue weighted by Crippen LogP contribution is 2.24. The summed E-state index contributed by atoms with van der Waals surface area (Å²) in [6.45, 7) is 2.11. The van der Waals surface area contributed by atoms with Gasteiger partial charge in [-0.1, -0.05) is 29.4 Å². The lowest BCUT2D eigenvalue weighted by Crippen LogP contribution is -2.24. The summed E-state index contributed by atoms with van der Waals surface area (Å²) in [6, 6.07) is 20.3. The molecule has 4 aromatic rings. The van der Waals surface area contributed by atoms with Crippen LogP contribution in [0.25, 0.3) is 5.69 Å². The van der Waals surface area contributed by atoms with Gasteiger partial charge in [0.05, 0.1) is 37.3 Å². The van der Waals surface area contributed by atoms with Crippen LogP contribution in [0.15, 0.2) is 78.0 Å². The number of ether oxygens (including phenoxy) is 2. The molecule has 10 nitrogen and oxygen atoms in total. The number of methoxy groups -OCH3 is 1. The second-order valence-electron chi connectivity index (χ2n) is 8.26. The molecule has 0 aliphatic rings. The lowest BCUT2D eigenvalue weighted by molar-refractivity contribution is -0.113. The van der Waals surface area contributed by atoms with E-state index in [1.165, 1.54) is 11.8 Å². The Balaban J connectivity index is 1.44. The maximum Gasteiger partial charge on any atom is 0.338 e. The van der Waals surface area contributed by atoms with Gasteiger partial charge in [0.15, 0.2) is 11.0 Å². The molecule has 0 aliphatic heterocycles. The zero-order chi connectivity index (χ0) is 28.5. The Kier molecular flexibility index (Phi) is 9.76. The van der Waals surface area contributed by atoms with E-state index in [4.69, 9.17) is 21.1 Å². The minimum Gasteiger partial charge on any atom is -0.497 e. The maximum absolute atomic E-state index is 12.7. The monoisotopic (exact) mass is 579 g/mol. The van der Waals surface area contributed by atoms with Crippen molar-refractivity contribution in [3.05, 3.63) is 94.8 Å². The molecule has 0 radical (unpaired) electrons. The topological polar surface area (TPSA) is 124 Å². The van der Waals surface area contributed by atoms with E-state index in [0.29, 0.717) is 44.3 Å². The van der Waals surface area contributed by atoms with Crippen LogP contribution in [0.4, 0.5) is 5.69 Å². The molecule has 0 bridgehead atoms. The molecule has 2 N–H and O–H groups in total. The first-order chi connectivity index (χ1) is 19.4. The number of thioether (sulfide) groups is 1. The number of hydrogen-bond acceptors (Lipinski definition) is 8. The van der Waals surface area contributed by atoms with Crippen LogP contribution in [0.2, 0.25) is 5.02 Å². The molecule has 0 atom stereocenters.